The van der Waals surface area contributed by atoms with Crippen molar-refractivity contribution in [3.05, 3.63) is 22.2 Å². The molecule has 0 aliphatic heterocycles. The van der Waals surface area contributed by atoms with Gasteiger partial charge in [0.25, 0.3) is 0 Å². The van der Waals surface area contributed by atoms with Crippen molar-refractivity contribution in [2.75, 3.05) is 0 Å². The second-order valence-electron chi connectivity index (χ2n) is 7.20. The second kappa shape index (κ2) is 5.99. The molecule has 1 aliphatic rings. The summed E-state index contributed by atoms with van der Waals surface area (Å²) in [5.74, 6) is 1.22. The molecular weight excluding hydrogens is 296 g/mol. The van der Waals surface area contributed by atoms with Crippen molar-refractivity contribution in [2.24, 2.45) is 17.3 Å². The highest BCUT2D eigenvalue weighted by atomic mass is 32.1. The molecule has 5 nitrogen and oxygen atoms in total. The Hall–Kier alpha value is -1.43. The first-order valence-electron chi connectivity index (χ1n) is 7.74. The Morgan fingerprint density at radius 3 is 2.68 bits per heavy atom. The van der Waals surface area contributed by atoms with E-state index in [0.717, 1.165) is 5.82 Å². The lowest BCUT2D eigenvalue weighted by molar-refractivity contribution is -0.123. The van der Waals surface area contributed by atoms with Gasteiger partial charge in [0, 0.05) is 6.04 Å². The van der Waals surface area contributed by atoms with Gasteiger partial charge in [-0.1, -0.05) is 25.5 Å². The molecule has 0 aromatic carbocycles. The fourth-order valence-corrected chi connectivity index (χ4v) is 3.48. The first-order chi connectivity index (χ1) is 10.2. The lowest BCUT2D eigenvalue weighted by Crippen LogP contribution is -2.28. The van der Waals surface area contributed by atoms with Crippen LogP contribution in [0.1, 0.15) is 53.4 Å². The third-order valence-electron chi connectivity index (χ3n) is 4.42. The normalized spacial score (nSPS) is 22.5. The van der Waals surface area contributed by atoms with Crippen LogP contribution in [0.4, 0.5) is 0 Å². The molecule has 0 radical (unpaired) electrons. The van der Waals surface area contributed by atoms with Gasteiger partial charge in [0.05, 0.1) is 12.5 Å². The fourth-order valence-electron chi connectivity index (χ4n) is 3.12. The minimum Gasteiger partial charge on any atom is -0.349 e. The number of aromatic nitrogens is 3. The van der Waals surface area contributed by atoms with Crippen molar-refractivity contribution in [1.29, 1.82) is 0 Å². The molecule has 1 fully saturated rings. The quantitative estimate of drug-likeness (QED) is 0.645. The number of carbonyl (C=O) groups is 1. The number of hydrogen-bond acceptors (Lipinski definition) is 3. The second-order valence-corrected chi connectivity index (χ2v) is 7.58. The lowest BCUT2D eigenvalue weighted by atomic mass is 10.1. The third-order valence-corrected chi connectivity index (χ3v) is 4.71. The fraction of sp³-hybridized carbons (Fsp3) is 0.688. The smallest absolute Gasteiger partial charge is 0.224 e. The zero-order chi connectivity index (χ0) is 16.7. The number of carbonyl (C=O) groups excluding carboxylic acids is 1. The first kappa shape index (κ1) is 16.9. The van der Waals surface area contributed by atoms with Gasteiger partial charge in [0.2, 0.25) is 5.91 Å². The molecule has 22 heavy (non-hydrogen) atoms. The van der Waals surface area contributed by atoms with E-state index in [1.165, 1.54) is 5.57 Å². The Balaban J connectivity index is 2.03. The highest BCUT2D eigenvalue weighted by Crippen LogP contribution is 2.59. The zero-order valence-electron chi connectivity index (χ0n) is 14.2. The molecule has 0 bridgehead atoms. The van der Waals surface area contributed by atoms with Gasteiger partial charge in [0.1, 0.15) is 0 Å². The van der Waals surface area contributed by atoms with E-state index in [1.54, 1.807) is 0 Å². The Bertz CT molecular complexity index is 649. The number of rotatable bonds is 5. The topological polar surface area (TPSA) is 62.7 Å². The maximum atomic E-state index is 12.5. The predicted octanol–water partition coefficient (Wildman–Crippen LogP) is 3.38. The molecule has 2 N–H and O–H groups in total. The summed E-state index contributed by atoms with van der Waals surface area (Å²) in [7, 11) is 0. The molecule has 1 aromatic heterocycles. The molecule has 0 saturated heterocycles. The van der Waals surface area contributed by atoms with Gasteiger partial charge in [-0.2, -0.15) is 5.10 Å². The van der Waals surface area contributed by atoms with E-state index in [1.807, 2.05) is 18.4 Å². The van der Waals surface area contributed by atoms with E-state index in [2.05, 4.69) is 49.3 Å². The zero-order valence-corrected chi connectivity index (χ0v) is 15.0. The van der Waals surface area contributed by atoms with Crippen LogP contribution in [0.15, 0.2) is 11.6 Å². The van der Waals surface area contributed by atoms with E-state index in [9.17, 15) is 4.79 Å². The Kier molecular flexibility index (Phi) is 4.61. The van der Waals surface area contributed by atoms with Crippen LogP contribution < -0.4 is 5.32 Å². The highest BCUT2D eigenvalue weighted by Gasteiger charge is 2.60. The van der Waals surface area contributed by atoms with Crippen molar-refractivity contribution in [3.8, 4) is 0 Å². The molecule has 0 unspecified atom stereocenters. The summed E-state index contributed by atoms with van der Waals surface area (Å²) in [6.45, 7) is 12.9. The van der Waals surface area contributed by atoms with Gasteiger partial charge in [-0.05, 0) is 51.2 Å². The minimum atomic E-state index is 0.0319. The SMILES string of the molecule is CC(C)=C[C@@H]1[C@H](C(=O)NCc2n[nH]c(=S)n2C(C)C)C1(C)C. The number of hydrogen-bond donors (Lipinski definition) is 2. The van der Waals surface area contributed by atoms with Gasteiger partial charge in [-0.25, -0.2) is 0 Å². The molecule has 1 heterocycles. The van der Waals surface area contributed by atoms with E-state index < -0.39 is 0 Å². The molecule has 1 aromatic rings. The van der Waals surface area contributed by atoms with Crippen LogP contribution in [0.2, 0.25) is 0 Å². The number of allylic oxidation sites excluding steroid dienone is 2. The summed E-state index contributed by atoms with van der Waals surface area (Å²) in [5.41, 5.74) is 1.29. The molecule has 1 aliphatic carbocycles. The molecular formula is C16H26N4OS. The largest absolute Gasteiger partial charge is 0.349 e. The van der Waals surface area contributed by atoms with Crippen LogP contribution in [0.5, 0.6) is 0 Å². The average Bonchev–Trinajstić information content (AvgIpc) is 2.75. The summed E-state index contributed by atoms with van der Waals surface area (Å²) in [5, 5.41) is 10.0. The van der Waals surface area contributed by atoms with Crippen molar-refractivity contribution in [2.45, 2.75) is 54.1 Å². The van der Waals surface area contributed by atoms with Crippen LogP contribution in [-0.4, -0.2) is 20.7 Å². The minimum absolute atomic E-state index is 0.0319. The summed E-state index contributed by atoms with van der Waals surface area (Å²) in [6, 6.07) is 0.217. The van der Waals surface area contributed by atoms with E-state index in [0.29, 0.717) is 17.2 Å². The molecule has 6 heteroatoms. The van der Waals surface area contributed by atoms with Gasteiger partial charge in [0.15, 0.2) is 10.6 Å². The number of H-pyrrole nitrogens is 1. The van der Waals surface area contributed by atoms with Gasteiger partial charge in [-0.15, -0.1) is 0 Å². The lowest BCUT2D eigenvalue weighted by Gasteiger charge is -2.11. The van der Waals surface area contributed by atoms with Gasteiger partial charge >= 0.3 is 0 Å². The summed E-state index contributed by atoms with van der Waals surface area (Å²) < 4.78 is 2.52. The third kappa shape index (κ3) is 3.16. The van der Waals surface area contributed by atoms with Gasteiger partial charge < -0.3 is 9.88 Å². The van der Waals surface area contributed by atoms with Crippen LogP contribution in [-0.2, 0) is 11.3 Å². The van der Waals surface area contributed by atoms with Crippen LogP contribution in [0, 0.1) is 22.0 Å². The van der Waals surface area contributed by atoms with E-state index in [-0.39, 0.29) is 23.3 Å². The maximum Gasteiger partial charge on any atom is 0.224 e. The maximum absolute atomic E-state index is 12.5. The molecule has 1 amide bonds. The van der Waals surface area contributed by atoms with E-state index >= 15 is 0 Å². The van der Waals surface area contributed by atoms with Crippen molar-refractivity contribution < 1.29 is 4.79 Å². The number of aromatic amines is 1. The monoisotopic (exact) mass is 322 g/mol. The van der Waals surface area contributed by atoms with Crippen molar-refractivity contribution >= 4 is 18.1 Å². The molecule has 122 valence electrons. The molecule has 0 spiro atoms. The first-order valence-corrected chi connectivity index (χ1v) is 8.15. The summed E-state index contributed by atoms with van der Waals surface area (Å²) in [6.07, 6.45) is 2.20. The Morgan fingerprint density at radius 1 is 1.50 bits per heavy atom. The predicted molar refractivity (Wildman–Crippen MR) is 89.8 cm³/mol. The standard InChI is InChI=1S/C16H26N4OS/c1-9(2)7-11-13(16(11,5)6)14(21)17-8-12-18-19-15(22)20(12)10(3)4/h7,10-11,13H,8H2,1-6H3,(H,17,21)(H,19,22)/t11-,13-/m1/s1. The molecule has 1 saturated carbocycles. The average molecular weight is 322 g/mol. The molecule has 2 atom stereocenters. The van der Waals surface area contributed by atoms with Gasteiger partial charge in [-0.3, -0.25) is 9.89 Å². The Labute approximate surface area is 137 Å². The summed E-state index contributed by atoms with van der Waals surface area (Å²) in [4.78, 5) is 12.5. The highest BCUT2D eigenvalue weighted by molar-refractivity contribution is 7.71. The number of amides is 1. The van der Waals surface area contributed by atoms with Crippen molar-refractivity contribution in [1.82, 2.24) is 20.1 Å². The number of nitrogens with zero attached hydrogens (tertiary/aromatic N) is 2. The van der Waals surface area contributed by atoms with Crippen LogP contribution >= 0.6 is 12.2 Å². The van der Waals surface area contributed by atoms with Crippen LogP contribution in [0.3, 0.4) is 0 Å². The van der Waals surface area contributed by atoms with Crippen LogP contribution in [0.25, 0.3) is 0 Å². The van der Waals surface area contributed by atoms with E-state index in [4.69, 9.17) is 12.2 Å². The Morgan fingerprint density at radius 2 is 2.14 bits per heavy atom. The molecule has 2 rings (SSSR count). The number of nitrogens with one attached hydrogen (secondary N) is 2. The van der Waals surface area contributed by atoms with Crippen molar-refractivity contribution in [3.63, 3.8) is 0 Å². The summed E-state index contributed by atoms with van der Waals surface area (Å²) >= 11 is 5.22.